The number of hydrogen-bond acceptors (Lipinski definition) is 4. The van der Waals surface area contributed by atoms with Crippen molar-refractivity contribution in [1.29, 1.82) is 0 Å². The third kappa shape index (κ3) is 5.58. The number of aromatic nitrogens is 1. The van der Waals surface area contributed by atoms with Crippen molar-refractivity contribution in [2.24, 2.45) is 0 Å². The van der Waals surface area contributed by atoms with Crippen molar-refractivity contribution in [3.05, 3.63) is 54.0 Å². The summed E-state index contributed by atoms with van der Waals surface area (Å²) >= 11 is 0. The van der Waals surface area contributed by atoms with Gasteiger partial charge in [0.15, 0.2) is 0 Å². The van der Waals surface area contributed by atoms with E-state index >= 15 is 0 Å². The molecular formula is C21H26FN3O2. The highest BCUT2D eigenvalue weighted by molar-refractivity contribution is 5.94. The Balaban J connectivity index is 1.50. The number of carbonyl (C=O) groups excluding carboxylic acids is 1. The maximum absolute atomic E-state index is 13.3. The van der Waals surface area contributed by atoms with Crippen LogP contribution in [0.2, 0.25) is 0 Å². The molecule has 0 radical (unpaired) electrons. The number of halogens is 1. The summed E-state index contributed by atoms with van der Waals surface area (Å²) in [4.78, 5) is 16.8. The molecule has 2 N–H and O–H groups in total. The number of methoxy groups -OCH3 is 1. The second-order valence-electron chi connectivity index (χ2n) is 6.91. The molecule has 1 heterocycles. The lowest BCUT2D eigenvalue weighted by atomic mass is 9.91. The second-order valence-corrected chi connectivity index (χ2v) is 6.91. The summed E-state index contributed by atoms with van der Waals surface area (Å²) in [5.74, 6) is -0.410. The molecule has 6 heteroatoms. The van der Waals surface area contributed by atoms with Crippen LogP contribution < -0.4 is 10.6 Å². The molecule has 144 valence electrons. The van der Waals surface area contributed by atoms with Gasteiger partial charge in [-0.25, -0.2) is 4.39 Å². The van der Waals surface area contributed by atoms with E-state index in [9.17, 15) is 9.18 Å². The number of nitrogens with zero attached hydrogens (tertiary/aromatic N) is 1. The van der Waals surface area contributed by atoms with Gasteiger partial charge in [-0.05, 0) is 49.9 Å². The third-order valence-corrected chi connectivity index (χ3v) is 4.95. The molecule has 0 spiro atoms. The summed E-state index contributed by atoms with van der Waals surface area (Å²) in [6, 6.07) is 10.5. The summed E-state index contributed by atoms with van der Waals surface area (Å²) in [5.41, 5.74) is 1.87. The van der Waals surface area contributed by atoms with Gasteiger partial charge in [0.25, 0.3) is 5.91 Å². The third-order valence-electron chi connectivity index (χ3n) is 4.95. The van der Waals surface area contributed by atoms with Crippen molar-refractivity contribution in [3.63, 3.8) is 0 Å². The van der Waals surface area contributed by atoms with Crippen LogP contribution in [-0.2, 0) is 4.74 Å². The molecule has 3 rings (SSSR count). The molecule has 1 aromatic heterocycles. The normalized spacial score (nSPS) is 19.6. The first-order valence-corrected chi connectivity index (χ1v) is 9.41. The van der Waals surface area contributed by atoms with Crippen molar-refractivity contribution >= 4 is 5.91 Å². The molecule has 1 aromatic carbocycles. The number of ether oxygens (including phenoxy) is 1. The fourth-order valence-corrected chi connectivity index (χ4v) is 3.42. The maximum atomic E-state index is 13.3. The van der Waals surface area contributed by atoms with Gasteiger partial charge in [-0.1, -0.05) is 12.1 Å². The van der Waals surface area contributed by atoms with E-state index in [1.807, 2.05) is 0 Å². The quantitative estimate of drug-likeness (QED) is 0.734. The Morgan fingerprint density at radius 1 is 1.19 bits per heavy atom. The Morgan fingerprint density at radius 3 is 2.63 bits per heavy atom. The number of amides is 1. The van der Waals surface area contributed by atoms with E-state index in [1.54, 1.807) is 37.6 Å². The summed E-state index contributed by atoms with van der Waals surface area (Å²) < 4.78 is 18.4. The van der Waals surface area contributed by atoms with Gasteiger partial charge in [0.05, 0.1) is 17.9 Å². The van der Waals surface area contributed by atoms with Crippen molar-refractivity contribution in [2.75, 3.05) is 20.3 Å². The Labute approximate surface area is 159 Å². The van der Waals surface area contributed by atoms with E-state index < -0.39 is 0 Å². The van der Waals surface area contributed by atoms with Crippen LogP contribution >= 0.6 is 0 Å². The predicted octanol–water partition coefficient (Wildman–Crippen LogP) is 3.16. The second kappa shape index (κ2) is 9.58. The molecule has 0 bridgehead atoms. The standard InChI is InChI=1S/C21H26FN3O2/c1-27-12-11-23-18-6-8-19(9-7-18)25-21(26)16-5-10-20(24-14-16)15-3-2-4-17(22)13-15/h2-5,10,13-14,18-19,23H,6-9,11-12H2,1H3,(H,25,26). The number of carbonyl (C=O) groups is 1. The minimum atomic E-state index is -0.302. The number of pyridine rings is 1. The summed E-state index contributed by atoms with van der Waals surface area (Å²) in [6.07, 6.45) is 5.57. The van der Waals surface area contributed by atoms with Gasteiger partial charge in [-0.3, -0.25) is 9.78 Å². The molecule has 1 aliphatic carbocycles. The SMILES string of the molecule is COCCNC1CCC(NC(=O)c2ccc(-c3cccc(F)c3)nc2)CC1. The van der Waals surface area contributed by atoms with Crippen molar-refractivity contribution in [1.82, 2.24) is 15.6 Å². The largest absolute Gasteiger partial charge is 0.383 e. The minimum absolute atomic E-state index is 0.107. The predicted molar refractivity (Wildman–Crippen MR) is 103 cm³/mol. The van der Waals surface area contributed by atoms with E-state index in [-0.39, 0.29) is 17.8 Å². The summed E-state index contributed by atoms with van der Waals surface area (Å²) in [5, 5.41) is 6.58. The molecule has 2 aromatic rings. The van der Waals surface area contributed by atoms with E-state index in [0.29, 0.717) is 22.9 Å². The van der Waals surface area contributed by atoms with Crippen LogP contribution in [0.15, 0.2) is 42.6 Å². The zero-order valence-electron chi connectivity index (χ0n) is 15.6. The first-order chi connectivity index (χ1) is 13.2. The molecule has 1 amide bonds. The number of hydrogen-bond donors (Lipinski definition) is 2. The lowest BCUT2D eigenvalue weighted by Gasteiger charge is -2.29. The fraction of sp³-hybridized carbons (Fsp3) is 0.429. The van der Waals surface area contributed by atoms with Crippen LogP contribution in [0.5, 0.6) is 0 Å². The maximum Gasteiger partial charge on any atom is 0.253 e. The van der Waals surface area contributed by atoms with Crippen molar-refractivity contribution in [2.45, 2.75) is 37.8 Å². The highest BCUT2D eigenvalue weighted by Gasteiger charge is 2.22. The Hall–Kier alpha value is -2.31. The van der Waals surface area contributed by atoms with Crippen LogP contribution in [0, 0.1) is 5.82 Å². The Morgan fingerprint density at radius 2 is 1.96 bits per heavy atom. The first kappa shape index (κ1) is 19.5. The monoisotopic (exact) mass is 371 g/mol. The van der Waals surface area contributed by atoms with Crippen LogP contribution in [0.25, 0.3) is 11.3 Å². The van der Waals surface area contributed by atoms with Gasteiger partial charge in [0, 0.05) is 37.5 Å². The van der Waals surface area contributed by atoms with Crippen LogP contribution in [0.4, 0.5) is 4.39 Å². The summed E-state index contributed by atoms with van der Waals surface area (Å²) in [7, 11) is 1.70. The van der Waals surface area contributed by atoms with Crippen LogP contribution in [0.1, 0.15) is 36.0 Å². The molecule has 0 atom stereocenters. The topological polar surface area (TPSA) is 63.2 Å². The molecule has 0 unspecified atom stereocenters. The highest BCUT2D eigenvalue weighted by atomic mass is 19.1. The molecule has 1 fully saturated rings. The minimum Gasteiger partial charge on any atom is -0.383 e. The zero-order valence-corrected chi connectivity index (χ0v) is 15.6. The molecule has 1 saturated carbocycles. The number of nitrogens with one attached hydrogen (secondary N) is 2. The van der Waals surface area contributed by atoms with Crippen molar-refractivity contribution in [3.8, 4) is 11.3 Å². The van der Waals surface area contributed by atoms with E-state index in [1.165, 1.54) is 12.1 Å². The Bertz CT molecular complexity index is 743. The van der Waals surface area contributed by atoms with E-state index in [0.717, 1.165) is 38.8 Å². The molecular weight excluding hydrogens is 345 g/mol. The van der Waals surface area contributed by atoms with Gasteiger partial charge in [0.2, 0.25) is 0 Å². The molecule has 5 nitrogen and oxygen atoms in total. The average Bonchev–Trinajstić information content (AvgIpc) is 2.69. The van der Waals surface area contributed by atoms with Gasteiger partial charge in [-0.15, -0.1) is 0 Å². The molecule has 1 aliphatic rings. The lowest BCUT2D eigenvalue weighted by Crippen LogP contribution is -2.42. The van der Waals surface area contributed by atoms with Crippen LogP contribution in [0.3, 0.4) is 0 Å². The van der Waals surface area contributed by atoms with E-state index in [2.05, 4.69) is 15.6 Å². The molecule has 0 aliphatic heterocycles. The van der Waals surface area contributed by atoms with Gasteiger partial charge in [-0.2, -0.15) is 0 Å². The number of benzene rings is 1. The average molecular weight is 371 g/mol. The number of rotatable bonds is 7. The lowest BCUT2D eigenvalue weighted by molar-refractivity contribution is 0.0923. The van der Waals surface area contributed by atoms with Gasteiger partial charge < -0.3 is 15.4 Å². The Kier molecular flexibility index (Phi) is 6.90. The smallest absolute Gasteiger partial charge is 0.253 e. The first-order valence-electron chi connectivity index (χ1n) is 9.41. The summed E-state index contributed by atoms with van der Waals surface area (Å²) in [6.45, 7) is 1.58. The van der Waals surface area contributed by atoms with Gasteiger partial charge >= 0.3 is 0 Å². The van der Waals surface area contributed by atoms with Crippen molar-refractivity contribution < 1.29 is 13.9 Å². The fourth-order valence-electron chi connectivity index (χ4n) is 3.42. The molecule has 0 saturated heterocycles. The zero-order chi connectivity index (χ0) is 19.1. The molecule has 27 heavy (non-hydrogen) atoms. The van der Waals surface area contributed by atoms with Crippen LogP contribution in [-0.4, -0.2) is 43.2 Å². The van der Waals surface area contributed by atoms with Gasteiger partial charge in [0.1, 0.15) is 5.82 Å². The highest BCUT2D eigenvalue weighted by Crippen LogP contribution is 2.20. The van der Waals surface area contributed by atoms with E-state index in [4.69, 9.17) is 4.74 Å².